The molecule has 0 unspecified atom stereocenters. The molecule has 1 aliphatic rings. The highest BCUT2D eigenvalue weighted by molar-refractivity contribution is 6.43. The lowest BCUT2D eigenvalue weighted by molar-refractivity contribution is -0.123. The molecule has 10 heteroatoms. The summed E-state index contributed by atoms with van der Waals surface area (Å²) >= 11 is 17.8. The van der Waals surface area contributed by atoms with Crippen LogP contribution in [0.1, 0.15) is 0 Å². The first-order valence-electron chi connectivity index (χ1n) is 8.81. The largest absolute Gasteiger partial charge is 0.482 e. The summed E-state index contributed by atoms with van der Waals surface area (Å²) in [6.07, 6.45) is 3.49. The van der Waals surface area contributed by atoms with Gasteiger partial charge in [0.05, 0.1) is 15.1 Å². The van der Waals surface area contributed by atoms with Gasteiger partial charge >= 0.3 is 0 Å². The van der Waals surface area contributed by atoms with Gasteiger partial charge in [0.25, 0.3) is 5.91 Å². The number of halogens is 3. The van der Waals surface area contributed by atoms with Crippen molar-refractivity contribution in [2.24, 2.45) is 0 Å². The Morgan fingerprint density at radius 2 is 1.71 bits per heavy atom. The monoisotopic (exact) mass is 443 g/mol. The number of amides is 1. The van der Waals surface area contributed by atoms with Gasteiger partial charge in [-0.25, -0.2) is 9.97 Å². The number of rotatable bonds is 7. The molecule has 1 saturated heterocycles. The van der Waals surface area contributed by atoms with Crippen LogP contribution in [0.25, 0.3) is 0 Å². The molecule has 0 radical (unpaired) electrons. The van der Waals surface area contributed by atoms with Crippen LogP contribution in [0.4, 0.5) is 5.95 Å². The van der Waals surface area contributed by atoms with Gasteiger partial charge < -0.3 is 15.0 Å². The summed E-state index contributed by atoms with van der Waals surface area (Å²) in [5, 5.41) is 3.81. The van der Waals surface area contributed by atoms with E-state index in [0.29, 0.717) is 27.4 Å². The zero-order valence-electron chi connectivity index (χ0n) is 15.1. The minimum Gasteiger partial charge on any atom is -0.482 e. The molecular formula is C18H20Cl3N5O2. The Balaban J connectivity index is 1.34. The van der Waals surface area contributed by atoms with E-state index in [1.807, 2.05) is 6.07 Å². The molecule has 0 bridgehead atoms. The second-order valence-electron chi connectivity index (χ2n) is 6.21. The topological polar surface area (TPSA) is 70.6 Å². The van der Waals surface area contributed by atoms with Gasteiger partial charge in [-0.05, 0) is 12.1 Å². The Kier molecular flexibility index (Phi) is 7.56. The first-order valence-corrected chi connectivity index (χ1v) is 9.94. The molecule has 3 rings (SSSR count). The van der Waals surface area contributed by atoms with Crippen LogP contribution >= 0.6 is 34.8 Å². The Bertz CT molecular complexity index is 801. The van der Waals surface area contributed by atoms with Crippen molar-refractivity contribution in [1.29, 1.82) is 0 Å². The number of nitrogens with zero attached hydrogens (tertiary/aromatic N) is 4. The van der Waals surface area contributed by atoms with Gasteiger partial charge in [0.15, 0.2) is 6.61 Å². The summed E-state index contributed by atoms with van der Waals surface area (Å²) in [5.74, 6) is 0.859. The van der Waals surface area contributed by atoms with Crippen LogP contribution in [0.15, 0.2) is 30.6 Å². The van der Waals surface area contributed by atoms with Gasteiger partial charge in [-0.1, -0.05) is 34.8 Å². The molecule has 0 saturated carbocycles. The molecular weight excluding hydrogens is 425 g/mol. The maximum Gasteiger partial charge on any atom is 0.257 e. The molecule has 28 heavy (non-hydrogen) atoms. The number of ether oxygens (including phenoxy) is 1. The lowest BCUT2D eigenvalue weighted by atomic mass is 10.3. The normalized spacial score (nSPS) is 14.8. The van der Waals surface area contributed by atoms with E-state index in [-0.39, 0.29) is 12.5 Å². The zero-order chi connectivity index (χ0) is 19.9. The van der Waals surface area contributed by atoms with Gasteiger partial charge in [-0.3, -0.25) is 9.69 Å². The Hall–Kier alpha value is -1.80. The van der Waals surface area contributed by atoms with Crippen LogP contribution in [0.3, 0.4) is 0 Å². The minimum absolute atomic E-state index is 0.142. The van der Waals surface area contributed by atoms with E-state index in [1.54, 1.807) is 12.4 Å². The van der Waals surface area contributed by atoms with E-state index in [1.165, 1.54) is 12.1 Å². The van der Waals surface area contributed by atoms with E-state index in [2.05, 4.69) is 25.1 Å². The number of nitrogens with one attached hydrogen (secondary N) is 1. The molecule has 7 nitrogen and oxygen atoms in total. The number of hydrogen-bond acceptors (Lipinski definition) is 6. The van der Waals surface area contributed by atoms with Crippen molar-refractivity contribution in [1.82, 2.24) is 20.2 Å². The van der Waals surface area contributed by atoms with E-state index in [4.69, 9.17) is 39.5 Å². The van der Waals surface area contributed by atoms with E-state index in [9.17, 15) is 4.79 Å². The van der Waals surface area contributed by atoms with Gasteiger partial charge in [-0.15, -0.1) is 0 Å². The lowest BCUT2D eigenvalue weighted by Gasteiger charge is -2.34. The smallest absolute Gasteiger partial charge is 0.257 e. The summed E-state index contributed by atoms with van der Waals surface area (Å²) in [5.41, 5.74) is 0. The van der Waals surface area contributed by atoms with Gasteiger partial charge in [0, 0.05) is 57.7 Å². The summed E-state index contributed by atoms with van der Waals surface area (Å²) in [6.45, 7) is 4.67. The summed E-state index contributed by atoms with van der Waals surface area (Å²) in [6, 6.07) is 4.79. The third kappa shape index (κ3) is 5.85. The van der Waals surface area contributed by atoms with Crippen LogP contribution in [-0.2, 0) is 4.79 Å². The highest BCUT2D eigenvalue weighted by atomic mass is 35.5. The molecule has 0 aliphatic carbocycles. The summed E-state index contributed by atoms with van der Waals surface area (Å²) in [4.78, 5) is 25.0. The maximum absolute atomic E-state index is 12.0. The van der Waals surface area contributed by atoms with E-state index in [0.717, 1.165) is 38.7 Å². The van der Waals surface area contributed by atoms with E-state index >= 15 is 0 Å². The number of benzene rings is 1. The van der Waals surface area contributed by atoms with Crippen molar-refractivity contribution in [2.45, 2.75) is 0 Å². The predicted molar refractivity (Wildman–Crippen MR) is 111 cm³/mol. The molecule has 1 aromatic carbocycles. The molecule has 1 aliphatic heterocycles. The molecule has 1 N–H and O–H groups in total. The van der Waals surface area contributed by atoms with E-state index < -0.39 is 0 Å². The van der Waals surface area contributed by atoms with Gasteiger partial charge in [-0.2, -0.15) is 0 Å². The third-order valence-electron chi connectivity index (χ3n) is 4.29. The van der Waals surface area contributed by atoms with Crippen LogP contribution < -0.4 is 15.0 Å². The fraction of sp³-hybridized carbons (Fsp3) is 0.389. The van der Waals surface area contributed by atoms with Crippen LogP contribution in [0, 0.1) is 0 Å². The minimum atomic E-state index is -0.224. The van der Waals surface area contributed by atoms with Crippen molar-refractivity contribution >= 4 is 46.7 Å². The number of hydrogen-bond donors (Lipinski definition) is 1. The van der Waals surface area contributed by atoms with Crippen molar-refractivity contribution in [3.63, 3.8) is 0 Å². The number of aromatic nitrogens is 2. The molecule has 2 aromatic rings. The molecule has 2 heterocycles. The summed E-state index contributed by atoms with van der Waals surface area (Å²) < 4.78 is 5.42. The molecule has 1 amide bonds. The van der Waals surface area contributed by atoms with Crippen molar-refractivity contribution in [3.05, 3.63) is 45.7 Å². The Morgan fingerprint density at radius 1 is 1.04 bits per heavy atom. The van der Waals surface area contributed by atoms with Crippen molar-refractivity contribution < 1.29 is 9.53 Å². The van der Waals surface area contributed by atoms with Crippen molar-refractivity contribution in [2.75, 3.05) is 50.8 Å². The number of anilines is 1. The quantitative estimate of drug-likeness (QED) is 0.662. The molecule has 1 fully saturated rings. The Morgan fingerprint density at radius 3 is 2.43 bits per heavy atom. The first kappa shape index (κ1) is 20.9. The second-order valence-corrected chi connectivity index (χ2v) is 7.43. The highest BCUT2D eigenvalue weighted by Crippen LogP contribution is 2.33. The predicted octanol–water partition coefficient (Wildman–Crippen LogP) is 2.75. The lowest BCUT2D eigenvalue weighted by Crippen LogP contribution is -2.49. The molecule has 1 aromatic heterocycles. The van der Waals surface area contributed by atoms with Gasteiger partial charge in [0.2, 0.25) is 5.95 Å². The zero-order valence-corrected chi connectivity index (χ0v) is 17.3. The highest BCUT2D eigenvalue weighted by Gasteiger charge is 2.18. The van der Waals surface area contributed by atoms with Crippen LogP contribution in [-0.4, -0.2) is 66.7 Å². The summed E-state index contributed by atoms with van der Waals surface area (Å²) in [7, 11) is 0. The Labute approximate surface area is 178 Å². The number of piperazine rings is 1. The fourth-order valence-electron chi connectivity index (χ4n) is 2.79. The third-order valence-corrected chi connectivity index (χ3v) is 5.31. The van der Waals surface area contributed by atoms with Crippen molar-refractivity contribution in [3.8, 4) is 5.75 Å². The number of carbonyl (C=O) groups is 1. The van der Waals surface area contributed by atoms with Crippen LogP contribution in [0.5, 0.6) is 5.75 Å². The molecule has 0 spiro atoms. The SMILES string of the molecule is O=C(COc1cc(Cl)c(Cl)cc1Cl)NCCN1CCN(c2ncccn2)CC1. The second kappa shape index (κ2) is 10.1. The van der Waals surface area contributed by atoms with Crippen LogP contribution in [0.2, 0.25) is 15.1 Å². The maximum atomic E-state index is 12.0. The fourth-order valence-corrected chi connectivity index (χ4v) is 3.38. The first-order chi connectivity index (χ1) is 13.5. The van der Waals surface area contributed by atoms with Gasteiger partial charge in [0.1, 0.15) is 5.75 Å². The molecule has 0 atom stereocenters. The average Bonchev–Trinajstić information content (AvgIpc) is 2.71. The number of carbonyl (C=O) groups excluding carboxylic acids is 1. The standard InChI is InChI=1S/C18H20Cl3N5O2/c19-13-10-15(21)16(11-14(13)20)28-12-17(27)22-4-5-25-6-8-26(9-7-25)18-23-2-1-3-24-18/h1-3,10-11H,4-9,12H2,(H,22,27). The molecule has 150 valence electrons. The average molecular weight is 445 g/mol.